The lowest BCUT2D eigenvalue weighted by atomic mass is 10.1. The van der Waals surface area contributed by atoms with Gasteiger partial charge in [0, 0.05) is 16.8 Å². The van der Waals surface area contributed by atoms with Crippen LogP contribution in [0.1, 0.15) is 10.4 Å². The normalized spacial score (nSPS) is 10.4. The van der Waals surface area contributed by atoms with Gasteiger partial charge in [0.15, 0.2) is 0 Å². The van der Waals surface area contributed by atoms with Crippen LogP contribution in [0.5, 0.6) is 0 Å². The molecule has 0 saturated carbocycles. The van der Waals surface area contributed by atoms with Crippen LogP contribution in [0.15, 0.2) is 60.7 Å². The summed E-state index contributed by atoms with van der Waals surface area (Å²) in [7, 11) is 0. The highest BCUT2D eigenvalue weighted by Crippen LogP contribution is 2.19. The molecule has 6 nitrogen and oxygen atoms in total. The van der Waals surface area contributed by atoms with Crippen LogP contribution in [-0.4, -0.2) is 17.8 Å². The molecule has 2 aromatic rings. The van der Waals surface area contributed by atoms with E-state index < -0.39 is 17.8 Å². The quantitative estimate of drug-likeness (QED) is 0.809. The number of hydrogen-bond acceptors (Lipinski definition) is 4. The van der Waals surface area contributed by atoms with Crippen molar-refractivity contribution in [1.82, 2.24) is 0 Å². The fraction of sp³-hybridized carbons (Fsp3) is 0. The molecule has 7 heteroatoms. The lowest BCUT2D eigenvalue weighted by molar-refractivity contribution is -0.297. The van der Waals surface area contributed by atoms with E-state index in [2.05, 4.69) is 10.6 Å². The van der Waals surface area contributed by atoms with Gasteiger partial charge in [0.1, 0.15) is 0 Å². The number of halogens is 1. The summed E-state index contributed by atoms with van der Waals surface area (Å²) in [5.74, 6) is -2.63. The minimum Gasteiger partial charge on any atom is -0.545 e. The van der Waals surface area contributed by atoms with Crippen LogP contribution in [0.2, 0.25) is 5.02 Å². The number of carboxylic acid groups (broad SMARTS) is 1. The molecule has 2 aromatic carbocycles. The minimum absolute atomic E-state index is 0.215. The van der Waals surface area contributed by atoms with Gasteiger partial charge in [0.05, 0.1) is 17.2 Å². The number of carboxylic acids is 1. The Morgan fingerprint density at radius 2 is 1.71 bits per heavy atom. The molecular formula is C17H12ClN2O4-. The Kier molecular flexibility index (Phi) is 5.70. The molecule has 0 bridgehead atoms. The van der Waals surface area contributed by atoms with Crippen molar-refractivity contribution < 1.29 is 19.5 Å². The molecule has 0 unspecified atom stereocenters. The SMILES string of the molecule is O=C([O-])/C=C\C(=O)Nc1ccccc1C(=O)Nc1cccc(Cl)c1. The van der Waals surface area contributed by atoms with Crippen LogP contribution in [-0.2, 0) is 9.59 Å². The molecule has 2 amide bonds. The number of nitrogens with one attached hydrogen (secondary N) is 2. The summed E-state index contributed by atoms with van der Waals surface area (Å²) in [4.78, 5) is 34.3. The molecule has 0 aromatic heterocycles. The number of para-hydroxylation sites is 1. The second kappa shape index (κ2) is 7.94. The van der Waals surface area contributed by atoms with Crippen LogP contribution < -0.4 is 15.7 Å². The fourth-order valence-corrected chi connectivity index (χ4v) is 2.06. The zero-order valence-corrected chi connectivity index (χ0v) is 13.0. The second-order valence-corrected chi connectivity index (χ2v) is 5.09. The summed E-state index contributed by atoms with van der Waals surface area (Å²) >= 11 is 5.87. The van der Waals surface area contributed by atoms with Crippen molar-refractivity contribution in [3.05, 3.63) is 71.3 Å². The number of amides is 2. The van der Waals surface area contributed by atoms with Crippen molar-refractivity contribution >= 4 is 40.8 Å². The van der Waals surface area contributed by atoms with Crippen LogP contribution in [0, 0.1) is 0 Å². The third-order valence-electron chi connectivity index (χ3n) is 2.88. The second-order valence-electron chi connectivity index (χ2n) is 4.65. The van der Waals surface area contributed by atoms with Gasteiger partial charge in [0.2, 0.25) is 5.91 Å². The van der Waals surface area contributed by atoms with Gasteiger partial charge in [-0.25, -0.2) is 0 Å². The maximum Gasteiger partial charge on any atom is 0.257 e. The Bertz CT molecular complexity index is 818. The van der Waals surface area contributed by atoms with Gasteiger partial charge in [-0.3, -0.25) is 9.59 Å². The average Bonchev–Trinajstić information content (AvgIpc) is 2.53. The summed E-state index contributed by atoms with van der Waals surface area (Å²) < 4.78 is 0. The van der Waals surface area contributed by atoms with E-state index in [4.69, 9.17) is 11.6 Å². The highest BCUT2D eigenvalue weighted by Gasteiger charge is 2.12. The summed E-state index contributed by atoms with van der Waals surface area (Å²) in [6, 6.07) is 12.9. The number of rotatable bonds is 5. The van der Waals surface area contributed by atoms with Crippen molar-refractivity contribution in [2.75, 3.05) is 10.6 Å². The predicted molar refractivity (Wildman–Crippen MR) is 88.6 cm³/mol. The molecule has 0 heterocycles. The Hall–Kier alpha value is -3.12. The smallest absolute Gasteiger partial charge is 0.257 e. The molecule has 122 valence electrons. The van der Waals surface area contributed by atoms with Crippen molar-refractivity contribution in [3.8, 4) is 0 Å². The molecule has 0 aliphatic heterocycles. The first-order valence-corrected chi connectivity index (χ1v) is 7.19. The predicted octanol–water partition coefficient (Wildman–Crippen LogP) is 1.84. The fourth-order valence-electron chi connectivity index (χ4n) is 1.87. The molecule has 2 rings (SSSR count). The number of hydrogen-bond donors (Lipinski definition) is 2. The summed E-state index contributed by atoms with van der Waals surface area (Å²) in [6.45, 7) is 0. The summed E-state index contributed by atoms with van der Waals surface area (Å²) in [6.07, 6.45) is 1.41. The lowest BCUT2D eigenvalue weighted by Crippen LogP contribution is -2.20. The maximum atomic E-state index is 12.4. The number of benzene rings is 2. The molecule has 0 atom stereocenters. The third-order valence-corrected chi connectivity index (χ3v) is 3.12. The monoisotopic (exact) mass is 343 g/mol. The van der Waals surface area contributed by atoms with Crippen molar-refractivity contribution in [2.24, 2.45) is 0 Å². The minimum atomic E-state index is -1.49. The van der Waals surface area contributed by atoms with Gasteiger partial charge in [0.25, 0.3) is 5.91 Å². The van der Waals surface area contributed by atoms with Crippen LogP contribution in [0.4, 0.5) is 11.4 Å². The first-order chi connectivity index (χ1) is 11.5. The number of aliphatic carboxylic acids is 1. The van der Waals surface area contributed by atoms with E-state index in [1.54, 1.807) is 36.4 Å². The zero-order valence-electron chi connectivity index (χ0n) is 12.3. The van der Waals surface area contributed by atoms with E-state index in [9.17, 15) is 19.5 Å². The van der Waals surface area contributed by atoms with Crippen molar-refractivity contribution in [1.29, 1.82) is 0 Å². The van der Waals surface area contributed by atoms with Crippen LogP contribution >= 0.6 is 11.6 Å². The molecule has 0 aliphatic rings. The average molecular weight is 344 g/mol. The summed E-state index contributed by atoms with van der Waals surface area (Å²) in [5.41, 5.74) is 0.961. The van der Waals surface area contributed by atoms with Crippen molar-refractivity contribution in [3.63, 3.8) is 0 Å². The number of carbonyl (C=O) groups excluding carboxylic acids is 3. The van der Waals surface area contributed by atoms with Gasteiger partial charge in [-0.15, -0.1) is 0 Å². The highest BCUT2D eigenvalue weighted by atomic mass is 35.5. The lowest BCUT2D eigenvalue weighted by Gasteiger charge is -2.10. The first-order valence-electron chi connectivity index (χ1n) is 6.81. The van der Waals surface area contributed by atoms with E-state index in [1.165, 1.54) is 12.1 Å². The van der Waals surface area contributed by atoms with Gasteiger partial charge in [-0.2, -0.15) is 0 Å². The van der Waals surface area contributed by atoms with Crippen LogP contribution in [0.25, 0.3) is 0 Å². The van der Waals surface area contributed by atoms with Gasteiger partial charge in [-0.05, 0) is 36.4 Å². The van der Waals surface area contributed by atoms with E-state index in [1.807, 2.05) is 0 Å². The van der Waals surface area contributed by atoms with E-state index in [0.717, 1.165) is 6.08 Å². The van der Waals surface area contributed by atoms with Gasteiger partial charge in [-0.1, -0.05) is 29.8 Å². The Morgan fingerprint density at radius 3 is 2.42 bits per heavy atom. The van der Waals surface area contributed by atoms with E-state index in [0.29, 0.717) is 16.8 Å². The zero-order chi connectivity index (χ0) is 17.5. The molecule has 0 fully saturated rings. The van der Waals surface area contributed by atoms with E-state index in [-0.39, 0.29) is 11.3 Å². The topological polar surface area (TPSA) is 98.3 Å². The molecule has 0 aliphatic carbocycles. The molecule has 0 spiro atoms. The largest absolute Gasteiger partial charge is 0.545 e. The molecule has 24 heavy (non-hydrogen) atoms. The van der Waals surface area contributed by atoms with E-state index >= 15 is 0 Å². The van der Waals surface area contributed by atoms with Gasteiger partial charge >= 0.3 is 0 Å². The highest BCUT2D eigenvalue weighted by molar-refractivity contribution is 6.31. The van der Waals surface area contributed by atoms with Crippen LogP contribution in [0.3, 0.4) is 0 Å². The Balaban J connectivity index is 2.17. The number of anilines is 2. The molecular weight excluding hydrogens is 332 g/mol. The van der Waals surface area contributed by atoms with Gasteiger partial charge < -0.3 is 20.5 Å². The Morgan fingerprint density at radius 1 is 0.958 bits per heavy atom. The first kappa shape index (κ1) is 17.2. The summed E-state index contributed by atoms with van der Waals surface area (Å²) in [5, 5.41) is 15.9. The molecule has 0 radical (unpaired) electrons. The van der Waals surface area contributed by atoms with Crippen molar-refractivity contribution in [2.45, 2.75) is 0 Å². The Labute approximate surface area is 142 Å². The standard InChI is InChI=1S/C17H13ClN2O4/c18-11-4-3-5-12(10-11)19-17(24)13-6-1-2-7-14(13)20-15(21)8-9-16(22)23/h1-10H,(H,19,24)(H,20,21)(H,22,23)/p-1/b9-8-. The molecule has 0 saturated heterocycles. The maximum absolute atomic E-state index is 12.4. The third kappa shape index (κ3) is 4.96. The number of carbonyl (C=O) groups is 3. The molecule has 2 N–H and O–H groups in total.